The Balaban J connectivity index is 1.64. The van der Waals surface area contributed by atoms with Crippen LogP contribution in [0.25, 0.3) is 0 Å². The van der Waals surface area contributed by atoms with Crippen LogP contribution >= 0.6 is 0 Å². The van der Waals surface area contributed by atoms with E-state index in [0.717, 1.165) is 24.2 Å². The van der Waals surface area contributed by atoms with Crippen LogP contribution in [0, 0.1) is 0 Å². The molecule has 102 valence electrons. The number of hydrogen-bond acceptors (Lipinski definition) is 3. The van der Waals surface area contributed by atoms with Crippen molar-refractivity contribution in [3.63, 3.8) is 0 Å². The van der Waals surface area contributed by atoms with Crippen molar-refractivity contribution in [2.45, 2.75) is 25.8 Å². The lowest BCUT2D eigenvalue weighted by Crippen LogP contribution is -2.25. The maximum atomic E-state index is 11.1. The maximum Gasteiger partial charge on any atom is 0.240 e. The third-order valence-electron chi connectivity index (χ3n) is 3.41. The van der Waals surface area contributed by atoms with Gasteiger partial charge in [-0.05, 0) is 17.5 Å². The number of imidazole rings is 1. The van der Waals surface area contributed by atoms with Crippen LogP contribution < -0.4 is 5.43 Å². The molecule has 0 atom stereocenters. The predicted octanol–water partition coefficient (Wildman–Crippen LogP) is 1.74. The number of hydrogen-bond donors (Lipinski definition) is 1. The van der Waals surface area contributed by atoms with Crippen LogP contribution in [0.1, 0.15) is 24.0 Å². The molecule has 0 saturated heterocycles. The minimum atomic E-state index is -0.00861. The lowest BCUT2D eigenvalue weighted by atomic mass is 10.0. The lowest BCUT2D eigenvalue weighted by molar-refractivity contribution is -0.121. The SMILES string of the molecule is O=C1CCC(c2ccc(CCn3ccnc3)cc2)=NN1. The van der Waals surface area contributed by atoms with Gasteiger partial charge in [-0.15, -0.1) is 0 Å². The van der Waals surface area contributed by atoms with Gasteiger partial charge in [-0.3, -0.25) is 4.79 Å². The number of aromatic nitrogens is 2. The largest absolute Gasteiger partial charge is 0.337 e. The summed E-state index contributed by atoms with van der Waals surface area (Å²) in [5.74, 6) is -0.00861. The average Bonchev–Trinajstić information content (AvgIpc) is 3.00. The molecule has 0 fully saturated rings. The molecule has 1 aromatic carbocycles. The van der Waals surface area contributed by atoms with E-state index in [1.165, 1.54) is 5.56 Å². The van der Waals surface area contributed by atoms with Crippen LogP contribution in [-0.4, -0.2) is 21.2 Å². The molecular weight excluding hydrogens is 252 g/mol. The van der Waals surface area contributed by atoms with Crippen LogP contribution in [0.5, 0.6) is 0 Å². The smallest absolute Gasteiger partial charge is 0.240 e. The molecule has 1 aromatic heterocycles. The summed E-state index contributed by atoms with van der Waals surface area (Å²) < 4.78 is 2.06. The molecule has 0 unspecified atom stereocenters. The van der Waals surface area contributed by atoms with Crippen molar-refractivity contribution in [3.8, 4) is 0 Å². The predicted molar refractivity (Wildman–Crippen MR) is 76.3 cm³/mol. The van der Waals surface area contributed by atoms with Crippen molar-refractivity contribution < 1.29 is 4.79 Å². The molecule has 0 spiro atoms. The maximum absolute atomic E-state index is 11.1. The summed E-state index contributed by atoms with van der Waals surface area (Å²) in [4.78, 5) is 15.1. The Labute approximate surface area is 117 Å². The van der Waals surface area contributed by atoms with Crippen LogP contribution in [-0.2, 0) is 17.8 Å². The number of amides is 1. The number of nitrogens with zero attached hydrogens (tertiary/aromatic N) is 3. The normalized spacial score (nSPS) is 14.8. The molecule has 0 aliphatic carbocycles. The summed E-state index contributed by atoms with van der Waals surface area (Å²) in [5, 5.41) is 4.10. The topological polar surface area (TPSA) is 59.3 Å². The zero-order valence-corrected chi connectivity index (χ0v) is 11.1. The summed E-state index contributed by atoms with van der Waals surface area (Å²) >= 11 is 0. The number of benzene rings is 1. The Bertz CT molecular complexity index is 614. The fraction of sp³-hybridized carbons (Fsp3) is 0.267. The fourth-order valence-corrected chi connectivity index (χ4v) is 2.22. The first-order valence-corrected chi connectivity index (χ1v) is 6.72. The van der Waals surface area contributed by atoms with Crippen LogP contribution in [0.2, 0.25) is 0 Å². The molecule has 2 heterocycles. The number of rotatable bonds is 4. The Kier molecular flexibility index (Phi) is 3.58. The van der Waals surface area contributed by atoms with Gasteiger partial charge in [-0.1, -0.05) is 24.3 Å². The lowest BCUT2D eigenvalue weighted by Gasteiger charge is -2.12. The van der Waals surface area contributed by atoms with Crippen LogP contribution in [0.4, 0.5) is 0 Å². The van der Waals surface area contributed by atoms with Crippen molar-refractivity contribution >= 4 is 11.6 Å². The van der Waals surface area contributed by atoms with Gasteiger partial charge >= 0.3 is 0 Å². The van der Waals surface area contributed by atoms with E-state index in [9.17, 15) is 4.79 Å². The van der Waals surface area contributed by atoms with E-state index in [1.807, 2.05) is 12.5 Å². The van der Waals surface area contributed by atoms with E-state index in [1.54, 1.807) is 6.20 Å². The Morgan fingerprint density at radius 2 is 2.05 bits per heavy atom. The van der Waals surface area contributed by atoms with E-state index in [2.05, 4.69) is 44.3 Å². The van der Waals surface area contributed by atoms with Crippen molar-refractivity contribution in [3.05, 3.63) is 54.1 Å². The first kappa shape index (κ1) is 12.6. The number of nitrogens with one attached hydrogen (secondary N) is 1. The first-order valence-electron chi connectivity index (χ1n) is 6.72. The molecule has 5 nitrogen and oxygen atoms in total. The summed E-state index contributed by atoms with van der Waals surface area (Å²) in [7, 11) is 0. The molecule has 0 bridgehead atoms. The second-order valence-electron chi connectivity index (χ2n) is 4.84. The van der Waals surface area contributed by atoms with Crippen molar-refractivity contribution in [1.82, 2.24) is 15.0 Å². The standard InChI is InChI=1S/C15H16N4O/c20-15-6-5-14(17-18-15)13-3-1-12(2-4-13)7-9-19-10-8-16-11-19/h1-4,8,10-11H,5-7,9H2,(H,18,20). The zero-order chi connectivity index (χ0) is 13.8. The molecule has 1 aliphatic heterocycles. The summed E-state index contributed by atoms with van der Waals surface area (Å²) in [6.07, 6.45) is 7.78. The molecule has 0 radical (unpaired) electrons. The summed E-state index contributed by atoms with van der Waals surface area (Å²) in [6.45, 7) is 0.927. The number of aryl methyl sites for hydroxylation is 2. The highest BCUT2D eigenvalue weighted by molar-refractivity contribution is 6.04. The number of hydrazone groups is 1. The van der Waals surface area contributed by atoms with Crippen molar-refractivity contribution in [2.75, 3.05) is 0 Å². The fourth-order valence-electron chi connectivity index (χ4n) is 2.22. The van der Waals surface area contributed by atoms with Gasteiger partial charge in [-0.2, -0.15) is 5.10 Å². The summed E-state index contributed by atoms with van der Waals surface area (Å²) in [5.41, 5.74) is 5.84. The molecule has 1 N–H and O–H groups in total. The third kappa shape index (κ3) is 2.93. The van der Waals surface area contributed by atoms with E-state index < -0.39 is 0 Å². The highest BCUT2D eigenvalue weighted by atomic mass is 16.2. The van der Waals surface area contributed by atoms with Gasteiger partial charge < -0.3 is 4.57 Å². The van der Waals surface area contributed by atoms with Gasteiger partial charge in [0.05, 0.1) is 12.0 Å². The van der Waals surface area contributed by atoms with E-state index in [0.29, 0.717) is 12.8 Å². The first-order chi connectivity index (χ1) is 9.81. The molecule has 5 heteroatoms. The minimum Gasteiger partial charge on any atom is -0.337 e. The highest BCUT2D eigenvalue weighted by Gasteiger charge is 2.12. The van der Waals surface area contributed by atoms with Gasteiger partial charge in [0.25, 0.3) is 0 Å². The zero-order valence-electron chi connectivity index (χ0n) is 11.1. The second-order valence-corrected chi connectivity index (χ2v) is 4.84. The van der Waals surface area contributed by atoms with E-state index in [-0.39, 0.29) is 5.91 Å². The van der Waals surface area contributed by atoms with Crippen molar-refractivity contribution in [2.24, 2.45) is 5.10 Å². The van der Waals surface area contributed by atoms with Gasteiger partial charge in [0.2, 0.25) is 5.91 Å². The minimum absolute atomic E-state index is 0.00861. The van der Waals surface area contributed by atoms with Gasteiger partial charge in [0.1, 0.15) is 0 Å². The summed E-state index contributed by atoms with van der Waals surface area (Å²) in [6, 6.07) is 8.37. The molecule has 2 aromatic rings. The number of carbonyl (C=O) groups excluding carboxylic acids is 1. The van der Waals surface area contributed by atoms with E-state index >= 15 is 0 Å². The molecule has 1 amide bonds. The Hall–Kier alpha value is -2.43. The van der Waals surface area contributed by atoms with Crippen LogP contribution in [0.3, 0.4) is 0 Å². The molecular formula is C15H16N4O. The van der Waals surface area contributed by atoms with Gasteiger partial charge in [0, 0.05) is 31.8 Å². The Morgan fingerprint density at radius 3 is 2.70 bits per heavy atom. The van der Waals surface area contributed by atoms with Crippen LogP contribution in [0.15, 0.2) is 48.1 Å². The van der Waals surface area contributed by atoms with Gasteiger partial charge in [0.15, 0.2) is 0 Å². The molecule has 3 rings (SSSR count). The van der Waals surface area contributed by atoms with Gasteiger partial charge in [-0.25, -0.2) is 10.4 Å². The quantitative estimate of drug-likeness (QED) is 0.918. The third-order valence-corrected chi connectivity index (χ3v) is 3.41. The second kappa shape index (κ2) is 5.69. The average molecular weight is 268 g/mol. The Morgan fingerprint density at radius 1 is 1.20 bits per heavy atom. The van der Waals surface area contributed by atoms with E-state index in [4.69, 9.17) is 0 Å². The monoisotopic (exact) mass is 268 g/mol. The highest BCUT2D eigenvalue weighted by Crippen LogP contribution is 2.12. The molecule has 0 saturated carbocycles. The van der Waals surface area contributed by atoms with Crippen molar-refractivity contribution in [1.29, 1.82) is 0 Å². The molecule has 1 aliphatic rings. The number of carbonyl (C=O) groups is 1. The molecule has 20 heavy (non-hydrogen) atoms.